The second-order valence-electron chi connectivity index (χ2n) is 4.97. The fourth-order valence-corrected chi connectivity index (χ4v) is 2.43. The molecule has 1 fully saturated rings. The van der Waals surface area contributed by atoms with Crippen molar-refractivity contribution >= 4 is 28.9 Å². The Labute approximate surface area is 126 Å². The molecule has 0 spiro atoms. The highest BCUT2D eigenvalue weighted by Crippen LogP contribution is 2.33. The molecule has 0 aliphatic carbocycles. The van der Waals surface area contributed by atoms with Gasteiger partial charge in [0, 0.05) is 31.9 Å². The Hall–Kier alpha value is -1.70. The molecule has 8 heteroatoms. The number of anilines is 1. The highest BCUT2D eigenvalue weighted by molar-refractivity contribution is 6.33. The third-order valence-corrected chi connectivity index (χ3v) is 4.06. The number of nitrogens with zero attached hydrogens (tertiary/aromatic N) is 1. The Kier molecular flexibility index (Phi) is 4.76. The van der Waals surface area contributed by atoms with Crippen molar-refractivity contribution in [3.63, 3.8) is 0 Å². The number of halogens is 1. The number of nitro benzene ring substituents is 1. The molecule has 0 atom stereocenters. The molecule has 0 unspecified atom stereocenters. The van der Waals surface area contributed by atoms with Gasteiger partial charge in [0.1, 0.15) is 0 Å². The lowest BCUT2D eigenvalue weighted by molar-refractivity contribution is -0.384. The summed E-state index contributed by atoms with van der Waals surface area (Å²) in [5.41, 5.74) is 5.12. The molecule has 1 heterocycles. The first kappa shape index (κ1) is 15.7. The Bertz CT molecular complexity index is 558. The van der Waals surface area contributed by atoms with Gasteiger partial charge >= 0.3 is 0 Å². The molecule has 21 heavy (non-hydrogen) atoms. The molecule has 0 radical (unpaired) electrons. The third kappa shape index (κ3) is 3.31. The van der Waals surface area contributed by atoms with E-state index in [9.17, 15) is 14.9 Å². The summed E-state index contributed by atoms with van der Waals surface area (Å²) in [5.74, 6) is -0.282. The smallest absolute Gasteiger partial charge is 0.271 e. The van der Waals surface area contributed by atoms with Gasteiger partial charge in [-0.25, -0.2) is 0 Å². The predicted molar refractivity (Wildman–Crippen MR) is 78.3 cm³/mol. The fourth-order valence-electron chi connectivity index (χ4n) is 2.26. The highest BCUT2D eigenvalue weighted by atomic mass is 35.5. The molecule has 0 saturated carbocycles. The minimum absolute atomic E-state index is 0.136. The van der Waals surface area contributed by atoms with Gasteiger partial charge in [0.15, 0.2) is 0 Å². The van der Waals surface area contributed by atoms with Crippen LogP contribution in [0.2, 0.25) is 5.02 Å². The van der Waals surface area contributed by atoms with Gasteiger partial charge in [-0.3, -0.25) is 14.9 Å². The molecule has 7 nitrogen and oxygen atoms in total. The number of nitro groups is 1. The second kappa shape index (κ2) is 6.38. The zero-order valence-electron chi connectivity index (χ0n) is 11.3. The first-order valence-electron chi connectivity index (χ1n) is 6.52. The van der Waals surface area contributed by atoms with Gasteiger partial charge in [0.2, 0.25) is 5.91 Å². The Morgan fingerprint density at radius 3 is 2.71 bits per heavy atom. The minimum atomic E-state index is -0.716. The average molecular weight is 314 g/mol. The van der Waals surface area contributed by atoms with E-state index >= 15 is 0 Å². The topological polar surface area (TPSA) is 107 Å². The van der Waals surface area contributed by atoms with Crippen LogP contribution in [0.5, 0.6) is 0 Å². The number of nitrogens with one attached hydrogen (secondary N) is 1. The van der Waals surface area contributed by atoms with E-state index in [1.54, 1.807) is 0 Å². The van der Waals surface area contributed by atoms with E-state index in [4.69, 9.17) is 22.1 Å². The maximum atomic E-state index is 12.5. The van der Waals surface area contributed by atoms with Crippen LogP contribution in [0.25, 0.3) is 0 Å². The number of benzene rings is 1. The van der Waals surface area contributed by atoms with Crippen molar-refractivity contribution in [3.05, 3.63) is 33.3 Å². The lowest BCUT2D eigenvalue weighted by Gasteiger charge is -2.34. The molecule has 3 N–H and O–H groups in total. The summed E-state index contributed by atoms with van der Waals surface area (Å²) in [6, 6.07) is 3.91. The summed E-state index contributed by atoms with van der Waals surface area (Å²) in [5, 5.41) is 13.7. The molecule has 1 aromatic carbocycles. The molecular weight excluding hydrogens is 298 g/mol. The van der Waals surface area contributed by atoms with E-state index in [-0.39, 0.29) is 28.8 Å². The molecule has 1 amide bonds. The van der Waals surface area contributed by atoms with Crippen LogP contribution in [-0.4, -0.2) is 30.6 Å². The average Bonchev–Trinajstić information content (AvgIpc) is 2.49. The lowest BCUT2D eigenvalue weighted by atomic mass is 9.79. The number of carbonyl (C=O) groups excluding carboxylic acids is 1. The summed E-state index contributed by atoms with van der Waals surface area (Å²) in [4.78, 5) is 22.7. The molecule has 1 aromatic rings. The fraction of sp³-hybridized carbons (Fsp3) is 0.462. The summed E-state index contributed by atoms with van der Waals surface area (Å²) in [6.45, 7) is 1.12. The number of rotatable bonds is 4. The number of ether oxygens (including phenoxy) is 1. The first-order valence-corrected chi connectivity index (χ1v) is 6.89. The van der Waals surface area contributed by atoms with E-state index in [2.05, 4.69) is 5.32 Å². The summed E-state index contributed by atoms with van der Waals surface area (Å²) >= 11 is 5.98. The van der Waals surface area contributed by atoms with Gasteiger partial charge in [0.05, 0.1) is 21.0 Å². The molecule has 2 rings (SSSR count). The van der Waals surface area contributed by atoms with Crippen molar-refractivity contribution in [2.75, 3.05) is 25.1 Å². The molecule has 0 aromatic heterocycles. The van der Waals surface area contributed by atoms with Crippen LogP contribution in [0.15, 0.2) is 18.2 Å². The van der Waals surface area contributed by atoms with E-state index in [0.29, 0.717) is 26.1 Å². The van der Waals surface area contributed by atoms with Crippen molar-refractivity contribution in [1.82, 2.24) is 0 Å². The Morgan fingerprint density at radius 2 is 2.14 bits per heavy atom. The summed E-state index contributed by atoms with van der Waals surface area (Å²) < 4.78 is 5.25. The maximum Gasteiger partial charge on any atom is 0.271 e. The quantitative estimate of drug-likeness (QED) is 0.652. The minimum Gasteiger partial charge on any atom is -0.381 e. The van der Waals surface area contributed by atoms with Crippen LogP contribution >= 0.6 is 11.6 Å². The van der Waals surface area contributed by atoms with Crippen LogP contribution < -0.4 is 11.1 Å². The third-order valence-electron chi connectivity index (χ3n) is 3.73. The molecular formula is C13H16ClN3O4. The summed E-state index contributed by atoms with van der Waals surface area (Å²) in [7, 11) is 0. The van der Waals surface area contributed by atoms with E-state index in [0.717, 1.165) is 0 Å². The zero-order valence-corrected chi connectivity index (χ0v) is 12.1. The lowest BCUT2D eigenvalue weighted by Crippen LogP contribution is -2.46. The van der Waals surface area contributed by atoms with Gasteiger partial charge in [-0.2, -0.15) is 0 Å². The van der Waals surface area contributed by atoms with Crippen LogP contribution in [0.3, 0.4) is 0 Å². The monoisotopic (exact) mass is 313 g/mol. The summed E-state index contributed by atoms with van der Waals surface area (Å²) in [6.07, 6.45) is 1.03. The van der Waals surface area contributed by atoms with E-state index in [1.807, 2.05) is 0 Å². The molecule has 0 bridgehead atoms. The number of nitrogens with two attached hydrogens (primary N) is 1. The van der Waals surface area contributed by atoms with Gasteiger partial charge in [-0.05, 0) is 18.9 Å². The van der Waals surface area contributed by atoms with Crippen LogP contribution in [-0.2, 0) is 9.53 Å². The standard InChI is InChI=1S/C13H16ClN3O4/c14-10-2-1-9(17(19)20)7-11(10)16-12(18)13(8-15)3-5-21-6-4-13/h1-2,7H,3-6,8,15H2,(H,16,18). The van der Waals surface area contributed by atoms with Gasteiger partial charge < -0.3 is 15.8 Å². The van der Waals surface area contributed by atoms with Crippen LogP contribution in [0.1, 0.15) is 12.8 Å². The molecule has 1 saturated heterocycles. The Morgan fingerprint density at radius 1 is 1.48 bits per heavy atom. The highest BCUT2D eigenvalue weighted by Gasteiger charge is 2.39. The van der Waals surface area contributed by atoms with Crippen molar-refractivity contribution in [2.45, 2.75) is 12.8 Å². The van der Waals surface area contributed by atoms with Crippen LogP contribution in [0.4, 0.5) is 11.4 Å². The maximum absolute atomic E-state index is 12.5. The molecule has 1 aliphatic rings. The van der Waals surface area contributed by atoms with Crippen LogP contribution in [0, 0.1) is 15.5 Å². The van der Waals surface area contributed by atoms with E-state index < -0.39 is 10.3 Å². The van der Waals surface area contributed by atoms with Gasteiger partial charge in [0.25, 0.3) is 5.69 Å². The number of hydrogen-bond donors (Lipinski definition) is 2. The SMILES string of the molecule is NCC1(C(=O)Nc2cc([N+](=O)[O-])ccc2Cl)CCOCC1. The van der Waals surface area contributed by atoms with Gasteiger partial charge in [-0.15, -0.1) is 0 Å². The number of hydrogen-bond acceptors (Lipinski definition) is 5. The van der Waals surface area contributed by atoms with Gasteiger partial charge in [-0.1, -0.05) is 11.6 Å². The van der Waals surface area contributed by atoms with E-state index in [1.165, 1.54) is 18.2 Å². The van der Waals surface area contributed by atoms with Crippen molar-refractivity contribution in [3.8, 4) is 0 Å². The number of carbonyl (C=O) groups is 1. The Balaban J connectivity index is 2.22. The largest absolute Gasteiger partial charge is 0.381 e. The number of amides is 1. The second-order valence-corrected chi connectivity index (χ2v) is 5.38. The van der Waals surface area contributed by atoms with Crippen molar-refractivity contribution in [1.29, 1.82) is 0 Å². The first-order chi connectivity index (χ1) is 9.98. The number of non-ortho nitro benzene ring substituents is 1. The molecule has 114 valence electrons. The van der Waals surface area contributed by atoms with Crippen molar-refractivity contribution in [2.24, 2.45) is 11.1 Å². The molecule has 1 aliphatic heterocycles. The normalized spacial score (nSPS) is 17.2. The van der Waals surface area contributed by atoms with Crippen molar-refractivity contribution < 1.29 is 14.5 Å². The zero-order chi connectivity index (χ0) is 15.5. The predicted octanol–water partition coefficient (Wildman–Crippen LogP) is 1.94.